The lowest BCUT2D eigenvalue weighted by atomic mass is 10.0. The molecule has 0 rings (SSSR count). The third-order valence-corrected chi connectivity index (χ3v) is 3.95. The summed E-state index contributed by atoms with van der Waals surface area (Å²) in [6.45, 7) is 3.23. The fourth-order valence-electron chi connectivity index (χ4n) is 2.62. The highest BCUT2D eigenvalue weighted by Crippen LogP contribution is 2.13. The van der Waals surface area contributed by atoms with Crippen molar-refractivity contribution in [3.05, 3.63) is 0 Å². The van der Waals surface area contributed by atoms with Crippen molar-refractivity contribution in [1.82, 2.24) is 0 Å². The van der Waals surface area contributed by atoms with Gasteiger partial charge in [-0.15, -0.1) is 0 Å². The summed E-state index contributed by atoms with van der Waals surface area (Å²) in [4.78, 5) is 0. The third-order valence-electron chi connectivity index (χ3n) is 3.95. The lowest BCUT2D eigenvalue weighted by Crippen LogP contribution is -1.88. The van der Waals surface area contributed by atoms with Crippen LogP contribution in [0.1, 0.15) is 103 Å². The van der Waals surface area contributed by atoms with E-state index in [9.17, 15) is 0 Å². The summed E-state index contributed by atoms with van der Waals surface area (Å²) in [6, 6.07) is 0. The highest BCUT2D eigenvalue weighted by Gasteiger charge is 1.94. The zero-order chi connectivity index (χ0) is 14.0. The predicted molar refractivity (Wildman–Crippen MR) is 86.8 cm³/mol. The lowest BCUT2D eigenvalue weighted by Gasteiger charge is -2.03. The van der Waals surface area contributed by atoms with Crippen molar-refractivity contribution in [2.24, 2.45) is 0 Å². The zero-order valence-electron chi connectivity index (χ0n) is 13.7. The molecule has 0 fully saturated rings. The number of rotatable bonds is 16. The second-order valence-electron chi connectivity index (χ2n) is 5.94. The third kappa shape index (κ3) is 18.0. The maximum atomic E-state index is 5.06. The van der Waals surface area contributed by atoms with Crippen LogP contribution in [0.5, 0.6) is 0 Å². The first-order chi connectivity index (χ1) is 9.41. The summed E-state index contributed by atoms with van der Waals surface area (Å²) in [5.74, 6) is 0. The Morgan fingerprint density at radius 1 is 0.474 bits per heavy atom. The van der Waals surface area contributed by atoms with Crippen molar-refractivity contribution in [3.8, 4) is 0 Å². The second kappa shape index (κ2) is 18.0. The first-order valence-corrected chi connectivity index (χ1v) is 8.90. The molecule has 0 aromatic rings. The first kappa shape index (κ1) is 19.0. The van der Waals surface area contributed by atoms with Crippen LogP contribution in [-0.4, -0.2) is 13.7 Å². The second-order valence-corrected chi connectivity index (χ2v) is 5.94. The summed E-state index contributed by atoms with van der Waals surface area (Å²) in [5, 5.41) is 0. The molecule has 0 aromatic heterocycles. The van der Waals surface area contributed by atoms with Gasteiger partial charge in [0.15, 0.2) is 0 Å². The van der Waals surface area contributed by atoms with E-state index < -0.39 is 0 Å². The molecule has 0 saturated carbocycles. The molecule has 0 bridgehead atoms. The van der Waals surface area contributed by atoms with Crippen molar-refractivity contribution in [1.29, 1.82) is 0 Å². The molecular weight excluding hydrogens is 232 g/mol. The molecule has 1 heteroatoms. The molecule has 0 atom stereocenters. The number of hydrogen-bond donors (Lipinski definition) is 0. The minimum Gasteiger partial charge on any atom is -0.385 e. The van der Waals surface area contributed by atoms with Crippen LogP contribution in [0, 0.1) is 0 Å². The largest absolute Gasteiger partial charge is 0.385 e. The first-order valence-electron chi connectivity index (χ1n) is 8.90. The van der Waals surface area contributed by atoms with E-state index in [0.717, 1.165) is 6.61 Å². The average molecular weight is 271 g/mol. The van der Waals surface area contributed by atoms with Gasteiger partial charge in [0.2, 0.25) is 0 Å². The van der Waals surface area contributed by atoms with Gasteiger partial charge >= 0.3 is 0 Å². The Balaban J connectivity index is 2.88. The quantitative estimate of drug-likeness (QED) is 0.291. The fourth-order valence-corrected chi connectivity index (χ4v) is 2.62. The number of methoxy groups -OCH3 is 1. The summed E-state index contributed by atoms with van der Waals surface area (Å²) in [5.41, 5.74) is 0. The SMILES string of the molecule is CCCCCCCCCCCCCCCCCOC. The van der Waals surface area contributed by atoms with Gasteiger partial charge in [0, 0.05) is 13.7 Å². The van der Waals surface area contributed by atoms with E-state index in [4.69, 9.17) is 4.74 Å². The minimum atomic E-state index is 0.943. The Morgan fingerprint density at radius 2 is 0.789 bits per heavy atom. The maximum absolute atomic E-state index is 5.06. The van der Waals surface area contributed by atoms with Gasteiger partial charge in [-0.25, -0.2) is 0 Å². The zero-order valence-corrected chi connectivity index (χ0v) is 13.7. The van der Waals surface area contributed by atoms with Crippen LogP contribution in [0.4, 0.5) is 0 Å². The van der Waals surface area contributed by atoms with Crippen LogP contribution in [-0.2, 0) is 4.74 Å². The number of ether oxygens (including phenoxy) is 1. The van der Waals surface area contributed by atoms with Gasteiger partial charge in [-0.2, -0.15) is 0 Å². The molecule has 0 heterocycles. The van der Waals surface area contributed by atoms with Crippen LogP contribution in [0.25, 0.3) is 0 Å². The van der Waals surface area contributed by atoms with E-state index >= 15 is 0 Å². The summed E-state index contributed by atoms with van der Waals surface area (Å²) < 4.78 is 5.06. The Morgan fingerprint density at radius 3 is 1.11 bits per heavy atom. The normalized spacial score (nSPS) is 11.1. The Bertz CT molecular complexity index is 129. The van der Waals surface area contributed by atoms with E-state index in [0.29, 0.717) is 0 Å². The van der Waals surface area contributed by atoms with Gasteiger partial charge in [0.1, 0.15) is 0 Å². The molecule has 0 aliphatic heterocycles. The van der Waals surface area contributed by atoms with Crippen molar-refractivity contribution in [2.75, 3.05) is 13.7 Å². The molecule has 0 spiro atoms. The van der Waals surface area contributed by atoms with E-state index in [1.165, 1.54) is 96.3 Å². The molecular formula is C18H38O. The molecule has 0 aliphatic rings. The van der Waals surface area contributed by atoms with Gasteiger partial charge in [0.25, 0.3) is 0 Å². The highest BCUT2D eigenvalue weighted by atomic mass is 16.5. The molecule has 116 valence electrons. The summed E-state index contributed by atoms with van der Waals surface area (Å²) in [7, 11) is 1.80. The van der Waals surface area contributed by atoms with Crippen molar-refractivity contribution in [2.45, 2.75) is 103 Å². The van der Waals surface area contributed by atoms with Crippen LogP contribution >= 0.6 is 0 Å². The summed E-state index contributed by atoms with van der Waals surface area (Å²) in [6.07, 6.45) is 21.4. The highest BCUT2D eigenvalue weighted by molar-refractivity contribution is 4.49. The van der Waals surface area contributed by atoms with Gasteiger partial charge in [-0.1, -0.05) is 96.8 Å². The average Bonchev–Trinajstić information content (AvgIpc) is 2.43. The molecule has 0 radical (unpaired) electrons. The van der Waals surface area contributed by atoms with Crippen molar-refractivity contribution in [3.63, 3.8) is 0 Å². The van der Waals surface area contributed by atoms with Gasteiger partial charge in [-0.05, 0) is 6.42 Å². The van der Waals surface area contributed by atoms with Crippen LogP contribution < -0.4 is 0 Å². The molecule has 0 aliphatic carbocycles. The predicted octanol–water partition coefficient (Wildman–Crippen LogP) is 6.50. The molecule has 0 N–H and O–H groups in total. The topological polar surface area (TPSA) is 9.23 Å². The minimum absolute atomic E-state index is 0.943. The van der Waals surface area contributed by atoms with E-state index in [1.54, 1.807) is 7.11 Å². The maximum Gasteiger partial charge on any atom is 0.0462 e. The number of hydrogen-bond acceptors (Lipinski definition) is 1. The van der Waals surface area contributed by atoms with E-state index in [2.05, 4.69) is 6.92 Å². The standard InChI is InChI=1S/C18H38O/c1-3-4-5-6-7-8-9-10-11-12-13-14-15-16-17-18-19-2/h3-18H2,1-2H3. The molecule has 0 aromatic carbocycles. The molecule has 0 unspecified atom stereocenters. The van der Waals surface area contributed by atoms with Crippen LogP contribution in [0.15, 0.2) is 0 Å². The van der Waals surface area contributed by atoms with Crippen LogP contribution in [0.3, 0.4) is 0 Å². The van der Waals surface area contributed by atoms with Crippen molar-refractivity contribution < 1.29 is 4.74 Å². The molecule has 19 heavy (non-hydrogen) atoms. The monoisotopic (exact) mass is 270 g/mol. The molecule has 0 amide bonds. The summed E-state index contributed by atoms with van der Waals surface area (Å²) >= 11 is 0. The molecule has 1 nitrogen and oxygen atoms in total. The van der Waals surface area contributed by atoms with Gasteiger partial charge in [0.05, 0.1) is 0 Å². The Labute approximate surface area is 122 Å². The van der Waals surface area contributed by atoms with E-state index in [1.807, 2.05) is 0 Å². The lowest BCUT2D eigenvalue weighted by molar-refractivity contribution is 0.192. The Kier molecular flexibility index (Phi) is 17.9. The van der Waals surface area contributed by atoms with E-state index in [-0.39, 0.29) is 0 Å². The van der Waals surface area contributed by atoms with Crippen molar-refractivity contribution >= 4 is 0 Å². The Hall–Kier alpha value is -0.0400. The fraction of sp³-hybridized carbons (Fsp3) is 1.00. The van der Waals surface area contributed by atoms with Crippen LogP contribution in [0.2, 0.25) is 0 Å². The molecule has 0 saturated heterocycles. The smallest absolute Gasteiger partial charge is 0.0462 e. The number of unbranched alkanes of at least 4 members (excludes halogenated alkanes) is 14. The van der Waals surface area contributed by atoms with Gasteiger partial charge in [-0.3, -0.25) is 0 Å². The van der Waals surface area contributed by atoms with Gasteiger partial charge < -0.3 is 4.74 Å².